The highest BCUT2D eigenvalue weighted by molar-refractivity contribution is 4.91. The van der Waals surface area contributed by atoms with Crippen molar-refractivity contribution in [3.8, 4) is 0 Å². The molecule has 2 nitrogen and oxygen atoms in total. The molecule has 0 unspecified atom stereocenters. The Morgan fingerprint density at radius 2 is 2.06 bits per heavy atom. The topological polar surface area (TPSA) is 21.3 Å². The number of ether oxygens (including phenoxy) is 1. The molecule has 16 heavy (non-hydrogen) atoms. The van der Waals surface area contributed by atoms with E-state index in [0.717, 1.165) is 31.5 Å². The summed E-state index contributed by atoms with van der Waals surface area (Å²) in [5.74, 6) is 1.66. The summed E-state index contributed by atoms with van der Waals surface area (Å²) in [6, 6.07) is 0. The number of hydrogen-bond donors (Lipinski definition) is 1. The van der Waals surface area contributed by atoms with E-state index >= 15 is 0 Å². The Morgan fingerprint density at radius 1 is 1.31 bits per heavy atom. The predicted molar refractivity (Wildman–Crippen MR) is 67.6 cm³/mol. The highest BCUT2D eigenvalue weighted by Crippen LogP contribution is 2.40. The molecule has 0 aromatic heterocycles. The van der Waals surface area contributed by atoms with Crippen LogP contribution < -0.4 is 5.32 Å². The molecule has 0 spiro atoms. The third kappa shape index (κ3) is 3.74. The average Bonchev–Trinajstić information content (AvgIpc) is 2.97. The second-order valence-corrected chi connectivity index (χ2v) is 6.14. The lowest BCUT2D eigenvalue weighted by atomic mass is 9.77. The maximum absolute atomic E-state index is 6.16. The van der Waals surface area contributed by atoms with Gasteiger partial charge in [-0.15, -0.1) is 0 Å². The fraction of sp³-hybridized carbons (Fsp3) is 1.00. The lowest BCUT2D eigenvalue weighted by molar-refractivity contribution is -0.108. The van der Waals surface area contributed by atoms with E-state index < -0.39 is 0 Å². The first-order valence-electron chi connectivity index (χ1n) is 7.05. The van der Waals surface area contributed by atoms with Gasteiger partial charge < -0.3 is 10.1 Å². The van der Waals surface area contributed by atoms with Crippen molar-refractivity contribution in [3.63, 3.8) is 0 Å². The largest absolute Gasteiger partial charge is 0.375 e. The molecule has 1 N–H and O–H groups in total. The first kappa shape index (κ1) is 12.4. The average molecular weight is 225 g/mol. The van der Waals surface area contributed by atoms with Crippen LogP contribution in [0.15, 0.2) is 0 Å². The summed E-state index contributed by atoms with van der Waals surface area (Å²) in [4.78, 5) is 0. The molecule has 0 heterocycles. The van der Waals surface area contributed by atoms with Crippen molar-refractivity contribution < 1.29 is 4.74 Å². The van der Waals surface area contributed by atoms with E-state index in [1.54, 1.807) is 0 Å². The summed E-state index contributed by atoms with van der Waals surface area (Å²) >= 11 is 0. The predicted octanol–water partition coefficient (Wildman–Crippen LogP) is 2.97. The summed E-state index contributed by atoms with van der Waals surface area (Å²) in [6.45, 7) is 7.82. The molecule has 2 aliphatic rings. The van der Waals surface area contributed by atoms with Crippen LogP contribution in [0.4, 0.5) is 0 Å². The van der Waals surface area contributed by atoms with Gasteiger partial charge in [-0.2, -0.15) is 0 Å². The van der Waals surface area contributed by atoms with Crippen LogP contribution in [0.2, 0.25) is 0 Å². The second kappa shape index (κ2) is 5.50. The summed E-state index contributed by atoms with van der Waals surface area (Å²) < 4.78 is 6.16. The van der Waals surface area contributed by atoms with Gasteiger partial charge >= 0.3 is 0 Å². The van der Waals surface area contributed by atoms with Crippen molar-refractivity contribution >= 4 is 0 Å². The van der Waals surface area contributed by atoms with Gasteiger partial charge in [0, 0.05) is 0 Å². The van der Waals surface area contributed by atoms with Gasteiger partial charge in [-0.3, -0.25) is 0 Å². The van der Waals surface area contributed by atoms with Crippen molar-refractivity contribution in [3.05, 3.63) is 0 Å². The van der Waals surface area contributed by atoms with Crippen LogP contribution >= 0.6 is 0 Å². The van der Waals surface area contributed by atoms with Crippen LogP contribution in [0, 0.1) is 11.8 Å². The van der Waals surface area contributed by atoms with Crippen LogP contribution in [0.5, 0.6) is 0 Å². The zero-order chi connectivity index (χ0) is 11.4. The molecule has 0 radical (unpaired) electrons. The Balaban J connectivity index is 1.59. The summed E-state index contributed by atoms with van der Waals surface area (Å²) in [7, 11) is 0. The van der Waals surface area contributed by atoms with E-state index in [4.69, 9.17) is 4.74 Å². The normalized spacial score (nSPS) is 23.4. The molecule has 0 aliphatic heterocycles. The van der Waals surface area contributed by atoms with E-state index in [0.29, 0.717) is 0 Å². The summed E-state index contributed by atoms with van der Waals surface area (Å²) in [5.41, 5.74) is 0.270. The zero-order valence-electron chi connectivity index (χ0n) is 10.9. The minimum absolute atomic E-state index is 0.270. The Labute approximate surface area is 100 Å². The summed E-state index contributed by atoms with van der Waals surface area (Å²) in [6.07, 6.45) is 7.98. The fourth-order valence-electron chi connectivity index (χ4n) is 2.32. The molecule has 0 aromatic carbocycles. The van der Waals surface area contributed by atoms with Gasteiger partial charge in [0.1, 0.15) is 0 Å². The molecular formula is C14H27NO. The van der Waals surface area contributed by atoms with E-state index in [1.165, 1.54) is 38.5 Å². The molecule has 2 fully saturated rings. The SMILES string of the molecule is CC(C)CNCCC1(OCC2CC2)CCC1. The van der Waals surface area contributed by atoms with Crippen LogP contribution in [0.1, 0.15) is 52.4 Å². The maximum Gasteiger partial charge on any atom is 0.0694 e. The first-order chi connectivity index (χ1) is 7.70. The maximum atomic E-state index is 6.16. The molecule has 0 atom stereocenters. The van der Waals surface area contributed by atoms with Gasteiger partial charge in [0.25, 0.3) is 0 Å². The van der Waals surface area contributed by atoms with E-state index in [-0.39, 0.29) is 5.60 Å². The second-order valence-electron chi connectivity index (χ2n) is 6.14. The minimum Gasteiger partial charge on any atom is -0.375 e. The highest BCUT2D eigenvalue weighted by Gasteiger charge is 2.38. The summed E-state index contributed by atoms with van der Waals surface area (Å²) in [5, 5.41) is 3.53. The fourth-order valence-corrected chi connectivity index (χ4v) is 2.32. The highest BCUT2D eigenvalue weighted by atomic mass is 16.5. The molecule has 0 saturated heterocycles. The molecule has 2 saturated carbocycles. The molecule has 0 amide bonds. The molecule has 94 valence electrons. The van der Waals surface area contributed by atoms with E-state index in [2.05, 4.69) is 19.2 Å². The van der Waals surface area contributed by atoms with Crippen LogP contribution in [-0.2, 0) is 4.74 Å². The third-order valence-corrected chi connectivity index (χ3v) is 3.90. The Kier molecular flexibility index (Phi) is 4.26. The van der Waals surface area contributed by atoms with Crippen molar-refractivity contribution in [1.29, 1.82) is 0 Å². The molecule has 0 bridgehead atoms. The van der Waals surface area contributed by atoms with E-state index in [1.807, 2.05) is 0 Å². The number of rotatable bonds is 8. The molecule has 2 rings (SSSR count). The first-order valence-corrected chi connectivity index (χ1v) is 7.05. The smallest absolute Gasteiger partial charge is 0.0694 e. The van der Waals surface area contributed by atoms with Gasteiger partial charge in [0.05, 0.1) is 12.2 Å². The van der Waals surface area contributed by atoms with Crippen molar-refractivity contribution in [2.24, 2.45) is 11.8 Å². The van der Waals surface area contributed by atoms with Crippen LogP contribution in [-0.4, -0.2) is 25.3 Å². The standard InChI is InChI=1S/C14H27NO/c1-12(2)10-15-9-8-14(6-3-7-14)16-11-13-4-5-13/h12-13,15H,3-11H2,1-2H3. The van der Waals surface area contributed by atoms with Crippen LogP contribution in [0.3, 0.4) is 0 Å². The lowest BCUT2D eigenvalue weighted by Gasteiger charge is -2.42. The van der Waals surface area contributed by atoms with Crippen molar-refractivity contribution in [2.75, 3.05) is 19.7 Å². The van der Waals surface area contributed by atoms with Gasteiger partial charge in [-0.05, 0) is 63.5 Å². The monoisotopic (exact) mass is 225 g/mol. The lowest BCUT2D eigenvalue weighted by Crippen LogP contribution is -2.43. The number of nitrogens with one attached hydrogen (secondary N) is 1. The molecule has 0 aromatic rings. The quantitative estimate of drug-likeness (QED) is 0.641. The third-order valence-electron chi connectivity index (χ3n) is 3.90. The molecule has 2 aliphatic carbocycles. The van der Waals surface area contributed by atoms with Gasteiger partial charge in [0.2, 0.25) is 0 Å². The Hall–Kier alpha value is -0.0800. The number of hydrogen-bond acceptors (Lipinski definition) is 2. The van der Waals surface area contributed by atoms with Gasteiger partial charge in [0.15, 0.2) is 0 Å². The molecule has 2 heteroatoms. The Morgan fingerprint density at radius 3 is 2.56 bits per heavy atom. The van der Waals surface area contributed by atoms with Gasteiger partial charge in [-0.1, -0.05) is 13.8 Å². The van der Waals surface area contributed by atoms with Crippen molar-refractivity contribution in [2.45, 2.75) is 58.0 Å². The zero-order valence-corrected chi connectivity index (χ0v) is 10.9. The van der Waals surface area contributed by atoms with Crippen LogP contribution in [0.25, 0.3) is 0 Å². The minimum atomic E-state index is 0.270. The Bertz CT molecular complexity index is 207. The van der Waals surface area contributed by atoms with E-state index in [9.17, 15) is 0 Å². The van der Waals surface area contributed by atoms with Gasteiger partial charge in [-0.25, -0.2) is 0 Å². The molecular weight excluding hydrogens is 198 g/mol. The van der Waals surface area contributed by atoms with Crippen molar-refractivity contribution in [1.82, 2.24) is 5.32 Å².